The van der Waals surface area contributed by atoms with Crippen LogP contribution < -0.4 is 0 Å². The molecule has 13 heavy (non-hydrogen) atoms. The van der Waals surface area contributed by atoms with E-state index in [1.54, 1.807) is 0 Å². The molecular weight excluding hydrogens is 164 g/mol. The number of hydrogen-bond donors (Lipinski definition) is 2. The predicted octanol–water partition coefficient (Wildman–Crippen LogP) is 2.19. The number of hydrogen-bond acceptors (Lipinski definition) is 2. The lowest BCUT2D eigenvalue weighted by Crippen LogP contribution is -2.32. The van der Waals surface area contributed by atoms with Gasteiger partial charge in [0, 0.05) is 0 Å². The molecule has 0 radical (unpaired) electrons. The maximum absolute atomic E-state index is 9.74. The van der Waals surface area contributed by atoms with Gasteiger partial charge in [-0.25, -0.2) is 0 Å². The first-order valence-corrected chi connectivity index (χ1v) is 5.15. The topological polar surface area (TPSA) is 40.5 Å². The van der Waals surface area contributed by atoms with E-state index in [2.05, 4.69) is 6.92 Å². The molecule has 0 aliphatic rings. The first kappa shape index (κ1) is 12.9. The third kappa shape index (κ3) is 4.63. The average Bonchev–Trinajstić information content (AvgIpc) is 2.01. The highest BCUT2D eigenvalue weighted by atomic mass is 16.3. The Morgan fingerprint density at radius 1 is 1.15 bits per heavy atom. The summed E-state index contributed by atoms with van der Waals surface area (Å²) in [5.74, 6) is 0.275. The Bertz CT molecular complexity index is 138. The Morgan fingerprint density at radius 2 is 1.62 bits per heavy atom. The van der Waals surface area contributed by atoms with Crippen molar-refractivity contribution in [2.75, 3.05) is 0 Å². The van der Waals surface area contributed by atoms with Gasteiger partial charge in [0.15, 0.2) is 0 Å². The molecule has 0 aromatic carbocycles. The van der Waals surface area contributed by atoms with Crippen LogP contribution in [0.25, 0.3) is 0 Å². The van der Waals surface area contributed by atoms with Crippen LogP contribution in [0.5, 0.6) is 0 Å². The van der Waals surface area contributed by atoms with Gasteiger partial charge in [-0.05, 0) is 17.8 Å². The number of rotatable bonds is 4. The average molecular weight is 188 g/mol. The van der Waals surface area contributed by atoms with Crippen LogP contribution in [0.4, 0.5) is 0 Å². The van der Waals surface area contributed by atoms with Crippen molar-refractivity contribution in [1.82, 2.24) is 0 Å². The van der Waals surface area contributed by atoms with E-state index in [1.165, 1.54) is 0 Å². The van der Waals surface area contributed by atoms with Gasteiger partial charge in [0.25, 0.3) is 0 Å². The summed E-state index contributed by atoms with van der Waals surface area (Å²) in [4.78, 5) is 0. The van der Waals surface area contributed by atoms with E-state index in [9.17, 15) is 10.2 Å². The summed E-state index contributed by atoms with van der Waals surface area (Å²) in [5, 5.41) is 19.4. The van der Waals surface area contributed by atoms with Gasteiger partial charge < -0.3 is 10.2 Å². The summed E-state index contributed by atoms with van der Waals surface area (Å²) in [6.45, 7) is 10.0. The van der Waals surface area contributed by atoms with Crippen molar-refractivity contribution in [3.8, 4) is 0 Å². The Morgan fingerprint density at radius 3 is 1.92 bits per heavy atom. The third-order valence-corrected chi connectivity index (χ3v) is 2.77. The zero-order chi connectivity index (χ0) is 10.6. The fourth-order valence-corrected chi connectivity index (χ4v) is 1.09. The molecule has 0 heterocycles. The van der Waals surface area contributed by atoms with Gasteiger partial charge in [-0.1, -0.05) is 41.0 Å². The normalized spacial score (nSPS) is 19.6. The van der Waals surface area contributed by atoms with Gasteiger partial charge in [0.05, 0.1) is 12.2 Å². The zero-order valence-electron chi connectivity index (χ0n) is 9.54. The molecule has 2 N–H and O–H groups in total. The second-order valence-electron chi connectivity index (χ2n) is 5.07. The largest absolute Gasteiger partial charge is 0.393 e. The molecule has 0 saturated carbocycles. The quantitative estimate of drug-likeness (QED) is 0.710. The van der Waals surface area contributed by atoms with Gasteiger partial charge in [-0.15, -0.1) is 0 Å². The van der Waals surface area contributed by atoms with E-state index in [1.807, 2.05) is 27.7 Å². The molecule has 0 aliphatic carbocycles. The molecule has 0 amide bonds. The van der Waals surface area contributed by atoms with Gasteiger partial charge in [0.2, 0.25) is 0 Å². The maximum Gasteiger partial charge on any atom is 0.0613 e. The molecule has 2 nitrogen and oxygen atoms in total. The van der Waals surface area contributed by atoms with Crippen LogP contribution in [0, 0.1) is 11.3 Å². The smallest absolute Gasteiger partial charge is 0.0613 e. The number of aliphatic hydroxyl groups excluding tert-OH is 2. The van der Waals surface area contributed by atoms with Crippen molar-refractivity contribution in [2.24, 2.45) is 11.3 Å². The Hall–Kier alpha value is -0.0800. The molecule has 0 saturated heterocycles. The minimum Gasteiger partial charge on any atom is -0.393 e. The second-order valence-corrected chi connectivity index (χ2v) is 5.07. The van der Waals surface area contributed by atoms with E-state index < -0.39 is 6.10 Å². The number of aliphatic hydroxyl groups is 2. The molecule has 0 spiro atoms. The van der Waals surface area contributed by atoms with Gasteiger partial charge in [0.1, 0.15) is 0 Å². The van der Waals surface area contributed by atoms with Crippen LogP contribution in [0.1, 0.15) is 47.5 Å². The summed E-state index contributed by atoms with van der Waals surface area (Å²) in [6, 6.07) is 0. The molecule has 0 bridgehead atoms. The molecule has 0 aliphatic heterocycles. The van der Waals surface area contributed by atoms with Crippen LogP contribution >= 0.6 is 0 Å². The molecule has 0 aromatic heterocycles. The van der Waals surface area contributed by atoms with Crippen LogP contribution in [-0.4, -0.2) is 22.4 Å². The standard InChI is InChI=1S/C11H24O2/c1-6-8(2)9(12)7-10(13)11(3,4)5/h8-10,12-13H,6-7H2,1-5H3. The monoisotopic (exact) mass is 188 g/mol. The third-order valence-electron chi connectivity index (χ3n) is 2.77. The van der Waals surface area contributed by atoms with E-state index in [4.69, 9.17) is 0 Å². The van der Waals surface area contributed by atoms with Crippen LogP contribution in [-0.2, 0) is 0 Å². The van der Waals surface area contributed by atoms with E-state index in [0.29, 0.717) is 6.42 Å². The summed E-state index contributed by atoms with van der Waals surface area (Å²) >= 11 is 0. The summed E-state index contributed by atoms with van der Waals surface area (Å²) in [6.07, 6.45) is 0.645. The van der Waals surface area contributed by atoms with E-state index in [0.717, 1.165) is 6.42 Å². The lowest BCUT2D eigenvalue weighted by Gasteiger charge is -2.29. The lowest BCUT2D eigenvalue weighted by atomic mass is 9.83. The highest BCUT2D eigenvalue weighted by molar-refractivity contribution is 4.77. The van der Waals surface area contributed by atoms with Crippen LogP contribution in [0.2, 0.25) is 0 Å². The first-order chi connectivity index (χ1) is 5.79. The highest BCUT2D eigenvalue weighted by Crippen LogP contribution is 2.25. The molecular formula is C11H24O2. The molecule has 3 atom stereocenters. The van der Waals surface area contributed by atoms with Crippen molar-refractivity contribution in [3.05, 3.63) is 0 Å². The van der Waals surface area contributed by atoms with Gasteiger partial charge >= 0.3 is 0 Å². The summed E-state index contributed by atoms with van der Waals surface area (Å²) in [5.41, 5.74) is -0.131. The predicted molar refractivity (Wildman–Crippen MR) is 55.5 cm³/mol. The van der Waals surface area contributed by atoms with Gasteiger partial charge in [-0.3, -0.25) is 0 Å². The minimum absolute atomic E-state index is 0.131. The molecule has 80 valence electrons. The van der Waals surface area contributed by atoms with Gasteiger partial charge in [-0.2, -0.15) is 0 Å². The van der Waals surface area contributed by atoms with Crippen molar-refractivity contribution in [2.45, 2.75) is 59.7 Å². The molecule has 0 aromatic rings. The maximum atomic E-state index is 9.74. The fraction of sp³-hybridized carbons (Fsp3) is 1.00. The summed E-state index contributed by atoms with van der Waals surface area (Å²) in [7, 11) is 0. The zero-order valence-corrected chi connectivity index (χ0v) is 9.54. The van der Waals surface area contributed by atoms with Crippen molar-refractivity contribution >= 4 is 0 Å². The minimum atomic E-state index is -0.420. The van der Waals surface area contributed by atoms with E-state index >= 15 is 0 Å². The Labute approximate surface area is 82.0 Å². The van der Waals surface area contributed by atoms with Crippen LogP contribution in [0.3, 0.4) is 0 Å². The molecule has 0 rings (SSSR count). The van der Waals surface area contributed by atoms with E-state index in [-0.39, 0.29) is 17.4 Å². The Kier molecular flexibility index (Phi) is 4.93. The fourth-order valence-electron chi connectivity index (χ4n) is 1.09. The molecule has 0 fully saturated rings. The second kappa shape index (κ2) is 4.97. The van der Waals surface area contributed by atoms with Crippen molar-refractivity contribution in [1.29, 1.82) is 0 Å². The van der Waals surface area contributed by atoms with Crippen LogP contribution in [0.15, 0.2) is 0 Å². The molecule has 2 heteroatoms. The first-order valence-electron chi connectivity index (χ1n) is 5.15. The van der Waals surface area contributed by atoms with Crippen molar-refractivity contribution < 1.29 is 10.2 Å². The summed E-state index contributed by atoms with van der Waals surface area (Å²) < 4.78 is 0. The van der Waals surface area contributed by atoms with Crippen molar-refractivity contribution in [3.63, 3.8) is 0 Å². The SMILES string of the molecule is CCC(C)C(O)CC(O)C(C)(C)C. The highest BCUT2D eigenvalue weighted by Gasteiger charge is 2.26. The Balaban J connectivity index is 3.98. The molecule has 3 unspecified atom stereocenters. The lowest BCUT2D eigenvalue weighted by molar-refractivity contribution is -0.00355.